The minimum absolute atomic E-state index is 0.209. The maximum atomic E-state index is 9.59. The van der Waals surface area contributed by atoms with Crippen LogP contribution in [0.5, 0.6) is 5.75 Å². The van der Waals surface area contributed by atoms with E-state index < -0.39 is 0 Å². The molecule has 0 saturated carbocycles. The Balaban J connectivity index is 1.72. The van der Waals surface area contributed by atoms with E-state index >= 15 is 0 Å². The van der Waals surface area contributed by atoms with Gasteiger partial charge in [-0.15, -0.1) is 0 Å². The predicted molar refractivity (Wildman–Crippen MR) is 86.5 cm³/mol. The van der Waals surface area contributed by atoms with Crippen molar-refractivity contribution >= 4 is 0 Å². The summed E-state index contributed by atoms with van der Waals surface area (Å²) in [5, 5.41) is 13.2. The largest absolute Gasteiger partial charge is 0.508 e. The fourth-order valence-electron chi connectivity index (χ4n) is 3.22. The van der Waals surface area contributed by atoms with Crippen molar-refractivity contribution in [1.82, 2.24) is 5.32 Å². The summed E-state index contributed by atoms with van der Waals surface area (Å²) in [7, 11) is 0. The van der Waals surface area contributed by atoms with E-state index in [1.807, 2.05) is 18.2 Å². The topological polar surface area (TPSA) is 32.3 Å². The van der Waals surface area contributed by atoms with E-state index in [2.05, 4.69) is 37.4 Å². The van der Waals surface area contributed by atoms with Crippen molar-refractivity contribution in [1.29, 1.82) is 0 Å². The first-order valence-electron chi connectivity index (χ1n) is 7.80. The van der Waals surface area contributed by atoms with Gasteiger partial charge < -0.3 is 10.4 Å². The standard InChI is InChI=1S/C19H23NO/c1-13(16-6-4-8-19(21)12-16)20-14(2)17-10-9-15-5-3-7-18(15)11-17/h4,6,8-14,20-21H,3,5,7H2,1-2H3/t13-,14?/m1/s1. The second-order valence-electron chi connectivity index (χ2n) is 6.09. The van der Waals surface area contributed by atoms with E-state index in [1.165, 1.54) is 36.0 Å². The summed E-state index contributed by atoms with van der Waals surface area (Å²) in [5.41, 5.74) is 5.50. The average molecular weight is 281 g/mol. The van der Waals surface area contributed by atoms with Crippen molar-refractivity contribution in [3.8, 4) is 5.75 Å². The van der Waals surface area contributed by atoms with Gasteiger partial charge in [0, 0.05) is 12.1 Å². The van der Waals surface area contributed by atoms with Gasteiger partial charge in [0.2, 0.25) is 0 Å². The first-order valence-corrected chi connectivity index (χ1v) is 7.80. The van der Waals surface area contributed by atoms with Crippen LogP contribution < -0.4 is 5.32 Å². The van der Waals surface area contributed by atoms with Crippen LogP contribution in [0.4, 0.5) is 0 Å². The molecule has 110 valence electrons. The lowest BCUT2D eigenvalue weighted by atomic mass is 10.0. The molecule has 0 bridgehead atoms. The van der Waals surface area contributed by atoms with Gasteiger partial charge in [-0.3, -0.25) is 0 Å². The molecule has 0 aliphatic heterocycles. The Hall–Kier alpha value is -1.80. The molecule has 0 radical (unpaired) electrons. The second kappa shape index (κ2) is 5.90. The number of hydrogen-bond donors (Lipinski definition) is 2. The summed E-state index contributed by atoms with van der Waals surface area (Å²) in [6.07, 6.45) is 3.75. The molecule has 2 aromatic carbocycles. The molecule has 1 aliphatic carbocycles. The van der Waals surface area contributed by atoms with E-state index in [9.17, 15) is 5.11 Å². The molecule has 2 N–H and O–H groups in total. The van der Waals surface area contributed by atoms with E-state index in [4.69, 9.17) is 0 Å². The summed E-state index contributed by atoms with van der Waals surface area (Å²) in [4.78, 5) is 0. The maximum Gasteiger partial charge on any atom is 0.115 e. The van der Waals surface area contributed by atoms with Crippen molar-refractivity contribution in [3.63, 3.8) is 0 Å². The average Bonchev–Trinajstić information content (AvgIpc) is 2.94. The highest BCUT2D eigenvalue weighted by Crippen LogP contribution is 2.27. The Morgan fingerprint density at radius 2 is 1.62 bits per heavy atom. The SMILES string of the molecule is CC(N[C@H](C)c1cccc(O)c1)c1ccc2c(c1)CCC2. The number of hydrogen-bond acceptors (Lipinski definition) is 2. The van der Waals surface area contributed by atoms with Crippen LogP contribution in [0, 0.1) is 0 Å². The number of benzene rings is 2. The molecule has 0 fully saturated rings. The molecule has 2 nitrogen and oxygen atoms in total. The predicted octanol–water partition coefficient (Wildman–Crippen LogP) is 4.29. The van der Waals surface area contributed by atoms with Crippen LogP contribution in [0.25, 0.3) is 0 Å². The zero-order valence-corrected chi connectivity index (χ0v) is 12.8. The summed E-state index contributed by atoms with van der Waals surface area (Å²) in [6.45, 7) is 4.34. The van der Waals surface area contributed by atoms with Crippen LogP contribution in [-0.4, -0.2) is 5.11 Å². The zero-order valence-electron chi connectivity index (χ0n) is 12.8. The van der Waals surface area contributed by atoms with Crippen LogP contribution in [0.15, 0.2) is 42.5 Å². The van der Waals surface area contributed by atoms with Gasteiger partial charge in [-0.05, 0) is 67.5 Å². The van der Waals surface area contributed by atoms with Gasteiger partial charge in [0.1, 0.15) is 5.75 Å². The van der Waals surface area contributed by atoms with Gasteiger partial charge in [0.25, 0.3) is 0 Å². The summed E-state index contributed by atoms with van der Waals surface area (Å²) in [5.74, 6) is 0.325. The first kappa shape index (κ1) is 14.2. The Labute approximate surface area is 126 Å². The van der Waals surface area contributed by atoms with Crippen LogP contribution in [0.1, 0.15) is 54.6 Å². The van der Waals surface area contributed by atoms with Crippen molar-refractivity contribution < 1.29 is 5.11 Å². The molecule has 1 unspecified atom stereocenters. The number of phenolic OH excluding ortho intramolecular Hbond substituents is 1. The molecule has 0 heterocycles. The summed E-state index contributed by atoms with van der Waals surface area (Å²) < 4.78 is 0. The molecule has 0 spiro atoms. The summed E-state index contributed by atoms with van der Waals surface area (Å²) >= 11 is 0. The zero-order chi connectivity index (χ0) is 14.8. The number of nitrogens with one attached hydrogen (secondary N) is 1. The van der Waals surface area contributed by atoms with Gasteiger partial charge >= 0.3 is 0 Å². The third kappa shape index (κ3) is 3.11. The van der Waals surface area contributed by atoms with E-state index in [0.29, 0.717) is 11.8 Å². The Bertz CT molecular complexity index is 635. The molecule has 21 heavy (non-hydrogen) atoms. The molecule has 2 heteroatoms. The third-order valence-electron chi connectivity index (χ3n) is 4.49. The Kier molecular flexibility index (Phi) is 3.98. The van der Waals surface area contributed by atoms with Crippen LogP contribution in [0.2, 0.25) is 0 Å². The molecule has 0 aromatic heterocycles. The minimum Gasteiger partial charge on any atom is -0.508 e. The lowest BCUT2D eigenvalue weighted by Gasteiger charge is -2.21. The Morgan fingerprint density at radius 3 is 2.38 bits per heavy atom. The van der Waals surface area contributed by atoms with Crippen LogP contribution in [0.3, 0.4) is 0 Å². The first-order chi connectivity index (χ1) is 10.1. The van der Waals surface area contributed by atoms with Gasteiger partial charge in [-0.25, -0.2) is 0 Å². The van der Waals surface area contributed by atoms with Gasteiger partial charge in [-0.1, -0.05) is 30.3 Å². The van der Waals surface area contributed by atoms with Gasteiger partial charge in [0.05, 0.1) is 0 Å². The number of phenols is 1. The second-order valence-corrected chi connectivity index (χ2v) is 6.09. The highest BCUT2D eigenvalue weighted by Gasteiger charge is 2.15. The fourth-order valence-corrected chi connectivity index (χ4v) is 3.22. The molecule has 0 saturated heterocycles. The van der Waals surface area contributed by atoms with Gasteiger partial charge in [0.15, 0.2) is 0 Å². The molecule has 3 rings (SSSR count). The van der Waals surface area contributed by atoms with E-state index in [-0.39, 0.29) is 6.04 Å². The van der Waals surface area contributed by atoms with Crippen LogP contribution in [-0.2, 0) is 12.8 Å². The van der Waals surface area contributed by atoms with Crippen LogP contribution >= 0.6 is 0 Å². The third-order valence-corrected chi connectivity index (χ3v) is 4.49. The maximum absolute atomic E-state index is 9.59. The Morgan fingerprint density at radius 1 is 0.905 bits per heavy atom. The van der Waals surface area contributed by atoms with Crippen molar-refractivity contribution in [2.45, 2.75) is 45.2 Å². The van der Waals surface area contributed by atoms with Gasteiger partial charge in [-0.2, -0.15) is 0 Å². The smallest absolute Gasteiger partial charge is 0.115 e. The van der Waals surface area contributed by atoms with E-state index in [1.54, 1.807) is 6.07 Å². The normalized spacial score (nSPS) is 16.5. The quantitative estimate of drug-likeness (QED) is 0.876. The number of aryl methyl sites for hydroxylation is 2. The highest BCUT2D eigenvalue weighted by molar-refractivity contribution is 5.36. The van der Waals surface area contributed by atoms with E-state index in [0.717, 1.165) is 5.56 Å². The van der Waals surface area contributed by atoms with Crippen molar-refractivity contribution in [2.75, 3.05) is 0 Å². The monoisotopic (exact) mass is 281 g/mol. The lowest BCUT2D eigenvalue weighted by molar-refractivity contribution is 0.466. The number of aromatic hydroxyl groups is 1. The number of rotatable bonds is 4. The molecule has 2 atom stereocenters. The molecule has 0 amide bonds. The lowest BCUT2D eigenvalue weighted by Crippen LogP contribution is -2.22. The number of fused-ring (bicyclic) bond motifs is 1. The summed E-state index contributed by atoms with van der Waals surface area (Å²) in [6, 6.07) is 14.9. The van der Waals surface area contributed by atoms with Crippen molar-refractivity contribution in [3.05, 3.63) is 64.7 Å². The molecular formula is C19H23NO. The molecule has 1 aliphatic rings. The molecular weight excluding hydrogens is 258 g/mol. The fraction of sp³-hybridized carbons (Fsp3) is 0.368. The molecule has 2 aromatic rings. The highest BCUT2D eigenvalue weighted by atomic mass is 16.3. The minimum atomic E-state index is 0.209. The van der Waals surface area contributed by atoms with Crippen molar-refractivity contribution in [2.24, 2.45) is 0 Å².